The third-order valence-electron chi connectivity index (χ3n) is 7.75. The highest BCUT2D eigenvalue weighted by Gasteiger charge is 2.23. The lowest BCUT2D eigenvalue weighted by Gasteiger charge is -2.07. The van der Waals surface area contributed by atoms with Crippen LogP contribution in [0, 0.1) is 20.8 Å². The van der Waals surface area contributed by atoms with Crippen LogP contribution in [0.15, 0.2) is 58.3 Å². The number of halogens is 1. The van der Waals surface area contributed by atoms with Gasteiger partial charge in [0.2, 0.25) is 5.91 Å². The number of amides is 6. The van der Waals surface area contributed by atoms with E-state index >= 15 is 0 Å². The van der Waals surface area contributed by atoms with E-state index in [4.69, 9.17) is 10.2 Å². The fourth-order valence-electron chi connectivity index (χ4n) is 4.96. The van der Waals surface area contributed by atoms with Crippen LogP contribution in [0.1, 0.15) is 65.1 Å². The maximum Gasteiger partial charge on any atom is 0.291 e. The molecule has 0 unspecified atom stereocenters. The Hall–Kier alpha value is -6.36. The molecule has 10 N–H and O–H groups in total. The van der Waals surface area contributed by atoms with Crippen LogP contribution in [0.2, 0.25) is 0 Å². The van der Waals surface area contributed by atoms with Crippen molar-refractivity contribution in [3.63, 3.8) is 0 Å². The molecule has 0 fully saturated rings. The van der Waals surface area contributed by atoms with Gasteiger partial charge in [-0.3, -0.25) is 28.8 Å². The molecule has 0 radical (unpaired) electrons. The number of nitrogens with one attached hydrogen (secondary N) is 8. The van der Waals surface area contributed by atoms with E-state index in [0.29, 0.717) is 50.4 Å². The van der Waals surface area contributed by atoms with Gasteiger partial charge in [0.05, 0.1) is 21.5 Å². The number of nitrogens with two attached hydrogens (primary N) is 1. The summed E-state index contributed by atoms with van der Waals surface area (Å²) in [6, 6.07) is 6.43. The lowest BCUT2D eigenvalue weighted by Crippen LogP contribution is -2.28. The van der Waals surface area contributed by atoms with Crippen molar-refractivity contribution >= 4 is 85.1 Å². The summed E-state index contributed by atoms with van der Waals surface area (Å²) >= 11 is 3.03. The molecule has 6 amide bonds. The second-order valence-corrected chi connectivity index (χ2v) is 12.1. The van der Waals surface area contributed by atoms with Gasteiger partial charge in [0.1, 0.15) is 22.7 Å². The Morgan fingerprint density at radius 1 is 0.740 bits per heavy atom. The predicted molar refractivity (Wildman–Crippen MR) is 190 cm³/mol. The van der Waals surface area contributed by atoms with Crippen molar-refractivity contribution in [2.45, 2.75) is 27.2 Å². The van der Waals surface area contributed by atoms with Crippen molar-refractivity contribution in [3.05, 3.63) is 93.4 Å². The van der Waals surface area contributed by atoms with E-state index in [9.17, 15) is 28.8 Å². The molecule has 16 nitrogen and oxygen atoms in total. The zero-order valence-corrected chi connectivity index (χ0v) is 28.6. The molecule has 1 aromatic carbocycles. The maximum absolute atomic E-state index is 13.2. The Bertz CT molecular complexity index is 2200. The molecule has 0 saturated carbocycles. The Labute approximate surface area is 292 Å². The van der Waals surface area contributed by atoms with Crippen molar-refractivity contribution in [2.75, 3.05) is 27.8 Å². The summed E-state index contributed by atoms with van der Waals surface area (Å²) in [7, 11) is 0. The number of fused-ring (bicyclic) bond motifs is 1. The minimum atomic E-state index is -0.555. The predicted octanol–water partition coefficient (Wildman–Crippen LogP) is 4.55. The highest BCUT2D eigenvalue weighted by atomic mass is 79.9. The average molecular weight is 747 g/mol. The van der Waals surface area contributed by atoms with Gasteiger partial charge in [-0.2, -0.15) is 0 Å². The monoisotopic (exact) mass is 745 g/mol. The lowest BCUT2D eigenvalue weighted by molar-refractivity contribution is -0.118. The Kier molecular flexibility index (Phi) is 10.1. The number of carbonyl (C=O) groups is 6. The number of benzene rings is 1. The molecule has 0 saturated heterocycles. The third kappa shape index (κ3) is 7.52. The second kappa shape index (κ2) is 14.4. The zero-order chi connectivity index (χ0) is 36.3. The summed E-state index contributed by atoms with van der Waals surface area (Å²) in [5.41, 5.74) is 9.04. The summed E-state index contributed by atoms with van der Waals surface area (Å²) in [5, 5.41) is 14.1. The van der Waals surface area contributed by atoms with Crippen molar-refractivity contribution in [1.29, 1.82) is 0 Å². The van der Waals surface area contributed by atoms with Crippen molar-refractivity contribution in [1.82, 2.24) is 20.3 Å². The highest BCUT2D eigenvalue weighted by Crippen LogP contribution is 2.27. The van der Waals surface area contributed by atoms with Crippen LogP contribution in [0.5, 0.6) is 0 Å². The maximum atomic E-state index is 13.2. The normalized spacial score (nSPS) is 10.8. The molecule has 50 heavy (non-hydrogen) atoms. The standard InChI is InChI=1S/C33H32BrN9O7/c1-14-21(12-37-26(14)31(47)36-8-7-25(35)44)42-33(49)28-16(3)22(13-39-28)43-32(48)27-15(2)20(11-38-27)41-30(46)24-10-18-9-19(5-6-23(18)50-24)40-29(45)17(4)34/h5-6,9-13,37-39H,4,7-8H2,1-3H3,(H2,35,44)(H,36,47)(H,40,45)(H,41,46)(H,42,49)(H,43,48). The van der Waals surface area contributed by atoms with E-state index in [1.54, 1.807) is 39.0 Å². The van der Waals surface area contributed by atoms with Gasteiger partial charge in [0.25, 0.3) is 29.5 Å². The number of aromatic nitrogens is 3. The molecule has 4 aromatic heterocycles. The molecule has 258 valence electrons. The van der Waals surface area contributed by atoms with Gasteiger partial charge in [0, 0.05) is 59.3 Å². The van der Waals surface area contributed by atoms with Gasteiger partial charge < -0.3 is 51.7 Å². The van der Waals surface area contributed by atoms with Crippen LogP contribution < -0.4 is 32.3 Å². The smallest absolute Gasteiger partial charge is 0.291 e. The van der Waals surface area contributed by atoms with Gasteiger partial charge >= 0.3 is 0 Å². The number of hydrogen-bond acceptors (Lipinski definition) is 7. The van der Waals surface area contributed by atoms with Crippen molar-refractivity contribution < 1.29 is 33.2 Å². The first-order chi connectivity index (χ1) is 23.7. The molecular weight excluding hydrogens is 714 g/mol. The second-order valence-electron chi connectivity index (χ2n) is 11.2. The van der Waals surface area contributed by atoms with E-state index in [1.165, 1.54) is 24.7 Å². The fourth-order valence-corrected chi connectivity index (χ4v) is 5.06. The van der Waals surface area contributed by atoms with Gasteiger partial charge in [-0.05, 0) is 61.0 Å². The SMILES string of the molecule is C=C(Br)C(=O)Nc1ccc2oc(C(=O)Nc3c[nH]c(C(=O)Nc4c[nH]c(C(=O)Nc5c[nH]c(C(=O)NCCC(N)=O)c5C)c4C)c3C)cc2c1. The van der Waals surface area contributed by atoms with Crippen LogP contribution in [-0.4, -0.2) is 56.9 Å². The van der Waals surface area contributed by atoms with E-state index in [0.717, 1.165) is 0 Å². The molecule has 0 spiro atoms. The molecule has 0 aliphatic heterocycles. The van der Waals surface area contributed by atoms with Gasteiger partial charge in [-0.1, -0.05) is 6.58 Å². The van der Waals surface area contributed by atoms with Crippen LogP contribution in [0.4, 0.5) is 22.7 Å². The van der Waals surface area contributed by atoms with Crippen LogP contribution >= 0.6 is 15.9 Å². The Balaban J connectivity index is 1.21. The van der Waals surface area contributed by atoms with Crippen LogP contribution in [0.3, 0.4) is 0 Å². The Morgan fingerprint density at radius 3 is 1.74 bits per heavy atom. The molecule has 17 heteroatoms. The zero-order valence-electron chi connectivity index (χ0n) is 27.0. The summed E-state index contributed by atoms with van der Waals surface area (Å²) in [5.74, 6) is -2.98. The lowest BCUT2D eigenvalue weighted by atomic mass is 10.2. The van der Waals surface area contributed by atoms with Gasteiger partial charge in [0.15, 0.2) is 5.76 Å². The number of hydrogen-bond donors (Lipinski definition) is 9. The first kappa shape index (κ1) is 35.0. The number of rotatable bonds is 12. The average Bonchev–Trinajstić information content (AvgIpc) is 3.83. The third-order valence-corrected chi connectivity index (χ3v) is 8.11. The molecule has 0 aliphatic rings. The summed E-state index contributed by atoms with van der Waals surface area (Å²) in [6.07, 6.45) is 4.41. The van der Waals surface area contributed by atoms with Gasteiger partial charge in [-0.15, -0.1) is 0 Å². The van der Waals surface area contributed by atoms with Crippen molar-refractivity contribution in [2.24, 2.45) is 5.73 Å². The minimum Gasteiger partial charge on any atom is -0.451 e. The van der Waals surface area contributed by atoms with Crippen LogP contribution in [-0.2, 0) is 9.59 Å². The topological polar surface area (TPSA) is 249 Å². The molecule has 4 heterocycles. The number of anilines is 4. The molecular formula is C33H32BrN9O7. The highest BCUT2D eigenvalue weighted by molar-refractivity contribution is 9.12. The molecule has 0 aliphatic carbocycles. The summed E-state index contributed by atoms with van der Waals surface area (Å²) in [6.45, 7) is 8.56. The van der Waals surface area contributed by atoms with Gasteiger partial charge in [-0.25, -0.2) is 0 Å². The van der Waals surface area contributed by atoms with Crippen molar-refractivity contribution in [3.8, 4) is 0 Å². The number of carbonyl (C=O) groups excluding carboxylic acids is 6. The number of primary amides is 1. The Morgan fingerprint density at radius 2 is 1.24 bits per heavy atom. The molecule has 5 rings (SSSR count). The number of furan rings is 1. The first-order valence-electron chi connectivity index (χ1n) is 15.0. The molecule has 0 atom stereocenters. The number of H-pyrrole nitrogens is 3. The van der Waals surface area contributed by atoms with E-state index in [1.807, 2.05) is 0 Å². The largest absolute Gasteiger partial charge is 0.451 e. The van der Waals surface area contributed by atoms with E-state index < -0.39 is 35.4 Å². The number of aromatic amines is 3. The van der Waals surface area contributed by atoms with Crippen LogP contribution in [0.25, 0.3) is 11.0 Å². The fraction of sp³-hybridized carbons (Fsp3) is 0.152. The summed E-state index contributed by atoms with van der Waals surface area (Å²) in [4.78, 5) is 83.2. The quantitative estimate of drug-likeness (QED) is 0.0823. The van der Waals surface area contributed by atoms with E-state index in [-0.39, 0.29) is 40.3 Å². The minimum absolute atomic E-state index is 0.00785. The molecule has 0 bridgehead atoms. The molecule has 5 aromatic rings. The summed E-state index contributed by atoms with van der Waals surface area (Å²) < 4.78 is 5.85. The first-order valence-corrected chi connectivity index (χ1v) is 15.8. The van der Waals surface area contributed by atoms with E-state index in [2.05, 4.69) is 64.0 Å².